The highest BCUT2D eigenvalue weighted by molar-refractivity contribution is 6.42. The molecule has 0 fully saturated rings. The summed E-state index contributed by atoms with van der Waals surface area (Å²) < 4.78 is 29.6. The maximum Gasteiger partial charge on any atom is 0.319 e. The van der Waals surface area contributed by atoms with Crippen molar-refractivity contribution >= 4 is 46.5 Å². The zero-order chi connectivity index (χ0) is 27.7. The van der Waals surface area contributed by atoms with Gasteiger partial charge in [0.05, 0.1) is 36.4 Å². The summed E-state index contributed by atoms with van der Waals surface area (Å²) in [4.78, 5) is 12.5. The molecule has 7 nitrogen and oxygen atoms in total. The molecule has 204 valence electrons. The Balaban J connectivity index is 1.63. The standard InChI is InChI=1S/C27H29Cl3FN3O4/c1-36-24-10-16(11-25(37-2)26(24)38-3)14-32-9-8-18(17-4-6-20(28)21(29)12-17)15-33-27(35)34-19-5-7-23(31)22(30)13-19/h4-7,10-13,18,32H,8-9,14-15H2,1-3H3,(H2,33,34,35). The van der Waals surface area contributed by atoms with Gasteiger partial charge in [0.1, 0.15) is 5.82 Å². The molecule has 0 aliphatic rings. The highest BCUT2D eigenvalue weighted by Crippen LogP contribution is 2.38. The molecule has 0 aromatic heterocycles. The largest absolute Gasteiger partial charge is 0.493 e. The molecule has 0 bridgehead atoms. The summed E-state index contributed by atoms with van der Waals surface area (Å²) >= 11 is 18.2. The van der Waals surface area contributed by atoms with E-state index in [1.807, 2.05) is 18.2 Å². The van der Waals surface area contributed by atoms with Gasteiger partial charge in [-0.05, 0) is 66.6 Å². The summed E-state index contributed by atoms with van der Waals surface area (Å²) in [6, 6.07) is 12.7. The number of carbonyl (C=O) groups is 1. The summed E-state index contributed by atoms with van der Waals surface area (Å²) in [5.41, 5.74) is 2.27. The lowest BCUT2D eigenvalue weighted by atomic mass is 9.95. The number of methoxy groups -OCH3 is 3. The second-order valence-electron chi connectivity index (χ2n) is 8.33. The van der Waals surface area contributed by atoms with Crippen LogP contribution >= 0.6 is 34.8 Å². The van der Waals surface area contributed by atoms with Gasteiger partial charge in [-0.3, -0.25) is 0 Å². The number of hydrogen-bond acceptors (Lipinski definition) is 5. The first-order valence-corrected chi connectivity index (χ1v) is 12.8. The van der Waals surface area contributed by atoms with Gasteiger partial charge in [0.15, 0.2) is 11.5 Å². The molecule has 0 heterocycles. The predicted molar refractivity (Wildman–Crippen MR) is 150 cm³/mol. The monoisotopic (exact) mass is 583 g/mol. The van der Waals surface area contributed by atoms with E-state index >= 15 is 0 Å². The SMILES string of the molecule is COc1cc(CNCCC(CNC(=O)Nc2ccc(F)c(Cl)c2)c2ccc(Cl)c(Cl)c2)cc(OC)c1OC. The molecule has 3 aromatic carbocycles. The molecular formula is C27H29Cl3FN3O4. The van der Waals surface area contributed by atoms with Crippen LogP contribution in [0.5, 0.6) is 17.2 Å². The molecule has 0 radical (unpaired) electrons. The van der Waals surface area contributed by atoms with Crippen molar-refractivity contribution < 1.29 is 23.4 Å². The first kappa shape index (κ1) is 29.6. The average Bonchev–Trinajstić information content (AvgIpc) is 2.91. The van der Waals surface area contributed by atoms with Gasteiger partial charge < -0.3 is 30.2 Å². The van der Waals surface area contributed by atoms with E-state index in [1.54, 1.807) is 33.5 Å². The van der Waals surface area contributed by atoms with E-state index in [-0.39, 0.29) is 10.9 Å². The second kappa shape index (κ2) is 14.3. The van der Waals surface area contributed by atoms with Crippen LogP contribution in [0, 0.1) is 5.82 Å². The third-order valence-corrected chi connectivity index (χ3v) is 6.85. The molecule has 0 aliphatic heterocycles. The second-order valence-corrected chi connectivity index (χ2v) is 9.56. The van der Waals surface area contributed by atoms with E-state index in [0.717, 1.165) is 11.1 Å². The van der Waals surface area contributed by atoms with Crippen molar-refractivity contribution in [2.24, 2.45) is 0 Å². The highest BCUT2D eigenvalue weighted by Gasteiger charge is 2.16. The highest BCUT2D eigenvalue weighted by atomic mass is 35.5. The summed E-state index contributed by atoms with van der Waals surface area (Å²) in [6.07, 6.45) is 0.686. The van der Waals surface area contributed by atoms with E-state index in [0.29, 0.717) is 59.0 Å². The van der Waals surface area contributed by atoms with Crippen molar-refractivity contribution in [1.82, 2.24) is 10.6 Å². The number of halogens is 4. The van der Waals surface area contributed by atoms with Gasteiger partial charge in [0.2, 0.25) is 5.75 Å². The Morgan fingerprint density at radius 3 is 2.21 bits per heavy atom. The summed E-state index contributed by atoms with van der Waals surface area (Å²) in [7, 11) is 4.71. The maximum absolute atomic E-state index is 13.4. The van der Waals surface area contributed by atoms with E-state index < -0.39 is 11.8 Å². The Kier molecular flexibility index (Phi) is 11.2. The van der Waals surface area contributed by atoms with E-state index in [9.17, 15) is 9.18 Å². The molecule has 0 spiro atoms. The van der Waals surface area contributed by atoms with Crippen LogP contribution in [0.3, 0.4) is 0 Å². The smallest absolute Gasteiger partial charge is 0.319 e. The molecule has 2 amide bonds. The number of rotatable bonds is 12. The molecule has 1 unspecified atom stereocenters. The Bertz CT molecular complexity index is 1240. The zero-order valence-corrected chi connectivity index (χ0v) is 23.4. The minimum atomic E-state index is -0.559. The van der Waals surface area contributed by atoms with Crippen molar-refractivity contribution in [3.8, 4) is 17.2 Å². The fraction of sp³-hybridized carbons (Fsp3) is 0.296. The maximum atomic E-state index is 13.4. The number of carbonyl (C=O) groups excluding carboxylic acids is 1. The molecule has 38 heavy (non-hydrogen) atoms. The van der Waals surface area contributed by atoms with Gasteiger partial charge in [0.25, 0.3) is 0 Å². The Labute approximate surface area is 236 Å². The van der Waals surface area contributed by atoms with Crippen molar-refractivity contribution in [3.63, 3.8) is 0 Å². The van der Waals surface area contributed by atoms with Crippen LogP contribution in [0.4, 0.5) is 14.9 Å². The number of anilines is 1. The van der Waals surface area contributed by atoms with Crippen LogP contribution in [-0.2, 0) is 6.54 Å². The minimum Gasteiger partial charge on any atom is -0.493 e. The lowest BCUT2D eigenvalue weighted by molar-refractivity contribution is 0.251. The molecule has 3 aromatic rings. The van der Waals surface area contributed by atoms with Crippen LogP contribution in [0.25, 0.3) is 0 Å². The average molecular weight is 585 g/mol. The first-order chi connectivity index (χ1) is 18.2. The number of hydrogen-bond donors (Lipinski definition) is 3. The molecule has 3 rings (SSSR count). The van der Waals surface area contributed by atoms with Crippen LogP contribution in [0.1, 0.15) is 23.5 Å². The third-order valence-electron chi connectivity index (χ3n) is 5.82. The molecular weight excluding hydrogens is 556 g/mol. The van der Waals surface area contributed by atoms with Crippen molar-refractivity contribution in [2.45, 2.75) is 18.9 Å². The number of amides is 2. The number of ether oxygens (including phenoxy) is 3. The van der Waals surface area contributed by atoms with Crippen LogP contribution < -0.4 is 30.2 Å². The molecule has 0 aliphatic carbocycles. The molecule has 0 saturated carbocycles. The van der Waals surface area contributed by atoms with Crippen LogP contribution in [0.15, 0.2) is 48.5 Å². The summed E-state index contributed by atoms with van der Waals surface area (Å²) in [5.74, 6) is 1.06. The molecule has 11 heteroatoms. The van der Waals surface area contributed by atoms with Crippen LogP contribution in [-0.4, -0.2) is 40.5 Å². The Hall–Kier alpha value is -2.91. The Morgan fingerprint density at radius 1 is 0.895 bits per heavy atom. The van der Waals surface area contributed by atoms with Crippen molar-refractivity contribution in [1.29, 1.82) is 0 Å². The van der Waals surface area contributed by atoms with Gasteiger partial charge in [-0.15, -0.1) is 0 Å². The molecule has 0 saturated heterocycles. The lowest BCUT2D eigenvalue weighted by Crippen LogP contribution is -2.33. The van der Waals surface area contributed by atoms with Gasteiger partial charge >= 0.3 is 6.03 Å². The fourth-order valence-electron chi connectivity index (χ4n) is 3.86. The van der Waals surface area contributed by atoms with Crippen LogP contribution in [0.2, 0.25) is 15.1 Å². The Morgan fingerprint density at radius 2 is 1.61 bits per heavy atom. The number of nitrogens with one attached hydrogen (secondary N) is 3. The normalized spacial score (nSPS) is 11.6. The number of urea groups is 1. The van der Waals surface area contributed by atoms with Gasteiger partial charge in [-0.25, -0.2) is 9.18 Å². The fourth-order valence-corrected chi connectivity index (χ4v) is 4.35. The van der Waals surface area contributed by atoms with E-state index in [1.165, 1.54) is 18.2 Å². The topological polar surface area (TPSA) is 80.9 Å². The van der Waals surface area contributed by atoms with Gasteiger partial charge in [0, 0.05) is 24.7 Å². The summed E-state index contributed by atoms with van der Waals surface area (Å²) in [5, 5.41) is 9.75. The first-order valence-electron chi connectivity index (χ1n) is 11.7. The number of benzene rings is 3. The zero-order valence-electron chi connectivity index (χ0n) is 21.2. The third kappa shape index (κ3) is 8.04. The predicted octanol–water partition coefficient (Wildman–Crippen LogP) is 6.90. The van der Waals surface area contributed by atoms with Gasteiger partial charge in [-0.2, -0.15) is 0 Å². The van der Waals surface area contributed by atoms with Crippen molar-refractivity contribution in [2.75, 3.05) is 39.7 Å². The van der Waals surface area contributed by atoms with Crippen molar-refractivity contribution in [3.05, 3.63) is 80.5 Å². The quantitative estimate of drug-likeness (QED) is 0.202. The summed E-state index contributed by atoms with van der Waals surface area (Å²) in [6.45, 7) is 1.52. The van der Waals surface area contributed by atoms with Gasteiger partial charge in [-0.1, -0.05) is 40.9 Å². The van der Waals surface area contributed by atoms with E-state index in [2.05, 4.69) is 16.0 Å². The molecule has 3 N–H and O–H groups in total. The molecule has 1 atom stereocenters. The minimum absolute atomic E-state index is 0.0697. The van der Waals surface area contributed by atoms with E-state index in [4.69, 9.17) is 49.0 Å². The lowest BCUT2D eigenvalue weighted by Gasteiger charge is -2.20.